The minimum Gasteiger partial charge on any atom is -0.444 e. The lowest BCUT2D eigenvalue weighted by atomic mass is 9.95. The van der Waals surface area contributed by atoms with Gasteiger partial charge in [-0.3, -0.25) is 4.79 Å². The van der Waals surface area contributed by atoms with Crippen LogP contribution in [0.4, 0.5) is 4.79 Å². The summed E-state index contributed by atoms with van der Waals surface area (Å²) in [5.41, 5.74) is -0.583. The molecule has 0 rings (SSSR count). The van der Waals surface area contributed by atoms with Crippen molar-refractivity contribution in [1.82, 2.24) is 5.32 Å². The van der Waals surface area contributed by atoms with Crippen LogP contribution in [0.25, 0.3) is 0 Å². The Morgan fingerprint density at radius 1 is 1.26 bits per heavy atom. The molecule has 6 nitrogen and oxygen atoms in total. The fourth-order valence-corrected chi connectivity index (χ4v) is 2.06. The molecule has 1 unspecified atom stereocenters. The molecule has 0 bridgehead atoms. The topological polar surface area (TPSA) is 92.7 Å². The van der Waals surface area contributed by atoms with E-state index in [9.17, 15) is 19.5 Å². The van der Waals surface area contributed by atoms with Crippen LogP contribution in [0.2, 0.25) is 0 Å². The van der Waals surface area contributed by atoms with E-state index in [4.69, 9.17) is 4.74 Å². The molecule has 134 valence electrons. The van der Waals surface area contributed by atoms with E-state index in [2.05, 4.69) is 5.32 Å². The Labute approximate surface area is 139 Å². The third kappa shape index (κ3) is 12.8. The number of Topliss-reactive ketones (excluding diaryl/α,β-unsaturated/α-hetero) is 1. The molecule has 0 aromatic carbocycles. The number of nitrogens with one attached hydrogen (secondary N) is 1. The predicted octanol–water partition coefficient (Wildman–Crippen LogP) is 2.62. The van der Waals surface area contributed by atoms with E-state index in [1.165, 1.54) is 0 Å². The summed E-state index contributed by atoms with van der Waals surface area (Å²) < 4.78 is 5.04. The summed E-state index contributed by atoms with van der Waals surface area (Å²) >= 11 is 0. The predicted molar refractivity (Wildman–Crippen MR) is 88.2 cm³/mol. The number of unbranched alkanes of at least 4 members (excludes halogenated alkanes) is 1. The Bertz CT molecular complexity index is 376. The second-order valence-corrected chi connectivity index (χ2v) is 6.83. The number of amides is 1. The molecule has 0 aliphatic heterocycles. The van der Waals surface area contributed by atoms with Crippen LogP contribution in [0.15, 0.2) is 0 Å². The average Bonchev–Trinajstić information content (AvgIpc) is 2.46. The van der Waals surface area contributed by atoms with Crippen LogP contribution < -0.4 is 5.32 Å². The summed E-state index contributed by atoms with van der Waals surface area (Å²) in [4.78, 5) is 34.0. The highest BCUT2D eigenvalue weighted by Gasteiger charge is 2.16. The van der Waals surface area contributed by atoms with Gasteiger partial charge in [-0.15, -0.1) is 0 Å². The monoisotopic (exact) mass is 329 g/mol. The molecule has 0 radical (unpaired) electrons. The second-order valence-electron chi connectivity index (χ2n) is 6.83. The molecule has 0 fully saturated rings. The minimum absolute atomic E-state index is 0.0411. The zero-order valence-electron chi connectivity index (χ0n) is 14.8. The van der Waals surface area contributed by atoms with Gasteiger partial charge in [0, 0.05) is 12.3 Å². The maximum atomic E-state index is 11.7. The largest absolute Gasteiger partial charge is 0.444 e. The maximum Gasteiger partial charge on any atom is 0.408 e. The highest BCUT2D eigenvalue weighted by atomic mass is 16.6. The Morgan fingerprint density at radius 3 is 2.43 bits per heavy atom. The molecule has 0 aliphatic carbocycles. The van der Waals surface area contributed by atoms with Gasteiger partial charge in [0.1, 0.15) is 11.9 Å². The van der Waals surface area contributed by atoms with Crippen LogP contribution in [0.1, 0.15) is 66.2 Å². The van der Waals surface area contributed by atoms with E-state index in [0.29, 0.717) is 32.1 Å². The van der Waals surface area contributed by atoms with Crippen molar-refractivity contribution < 1.29 is 24.2 Å². The van der Waals surface area contributed by atoms with Gasteiger partial charge in [-0.25, -0.2) is 4.79 Å². The zero-order valence-corrected chi connectivity index (χ0v) is 14.8. The molecule has 0 saturated heterocycles. The smallest absolute Gasteiger partial charge is 0.408 e. The molecule has 0 aromatic rings. The summed E-state index contributed by atoms with van der Waals surface area (Å²) in [6.07, 6.45) is 3.41. The van der Waals surface area contributed by atoms with E-state index in [1.807, 2.05) is 6.92 Å². The minimum atomic E-state index is -0.597. The zero-order chi connectivity index (χ0) is 17.9. The van der Waals surface area contributed by atoms with Crippen molar-refractivity contribution in [2.45, 2.75) is 77.9 Å². The molecule has 1 amide bonds. The summed E-state index contributed by atoms with van der Waals surface area (Å²) in [5, 5.41) is 12.0. The summed E-state index contributed by atoms with van der Waals surface area (Å²) in [6.45, 7) is 7.11. The lowest BCUT2D eigenvalue weighted by Gasteiger charge is -2.19. The van der Waals surface area contributed by atoms with Crippen LogP contribution in [-0.2, 0) is 14.3 Å². The maximum absolute atomic E-state index is 11.7. The molecule has 2 N–H and O–H groups in total. The molecule has 0 heterocycles. The first-order valence-electron chi connectivity index (χ1n) is 8.29. The van der Waals surface area contributed by atoms with Crippen LogP contribution in [0, 0.1) is 5.92 Å². The number of hydrogen-bond donors (Lipinski definition) is 2. The molecule has 23 heavy (non-hydrogen) atoms. The first-order valence-corrected chi connectivity index (χ1v) is 8.29. The fourth-order valence-electron chi connectivity index (χ4n) is 2.06. The van der Waals surface area contributed by atoms with E-state index in [-0.39, 0.29) is 18.2 Å². The highest BCUT2D eigenvalue weighted by Crippen LogP contribution is 2.15. The van der Waals surface area contributed by atoms with Crippen molar-refractivity contribution in [3.05, 3.63) is 0 Å². The van der Waals surface area contributed by atoms with Crippen LogP contribution in [0.3, 0.4) is 0 Å². The second kappa shape index (κ2) is 11.2. The number of carbonyl (C=O) groups excluding carboxylic acids is 3. The summed E-state index contributed by atoms with van der Waals surface area (Å²) in [5.74, 6) is -0.216. The van der Waals surface area contributed by atoms with E-state index < -0.39 is 17.8 Å². The van der Waals surface area contributed by atoms with Gasteiger partial charge in [0.2, 0.25) is 0 Å². The molecule has 0 saturated carbocycles. The molecule has 6 heteroatoms. The lowest BCUT2D eigenvalue weighted by molar-refractivity contribution is -0.118. The van der Waals surface area contributed by atoms with Crippen molar-refractivity contribution in [3.8, 4) is 0 Å². The first-order chi connectivity index (χ1) is 10.7. The number of ketones is 1. The van der Waals surface area contributed by atoms with Gasteiger partial charge < -0.3 is 20.0 Å². The number of aliphatic hydroxyl groups excluding tert-OH is 1. The van der Waals surface area contributed by atoms with Crippen LogP contribution in [-0.4, -0.2) is 41.5 Å². The van der Waals surface area contributed by atoms with Crippen molar-refractivity contribution in [2.24, 2.45) is 5.92 Å². The van der Waals surface area contributed by atoms with E-state index in [1.54, 1.807) is 20.8 Å². The van der Waals surface area contributed by atoms with Crippen molar-refractivity contribution in [2.75, 3.05) is 6.54 Å². The van der Waals surface area contributed by atoms with Gasteiger partial charge in [-0.1, -0.05) is 13.3 Å². The van der Waals surface area contributed by atoms with Gasteiger partial charge in [0.25, 0.3) is 0 Å². The Balaban J connectivity index is 3.81. The summed E-state index contributed by atoms with van der Waals surface area (Å²) in [6, 6.07) is 0. The molecule has 0 aromatic heterocycles. The first kappa shape index (κ1) is 21.6. The SMILES string of the molecule is CCC(O)C[C@@H](C=O)CCCCC(=O)CNC(=O)OC(C)(C)C. The molecular formula is C17H31NO5. The number of aliphatic hydroxyl groups is 1. The standard InChI is InChI=1S/C17H31NO5/c1-5-14(20)10-13(12-19)8-6-7-9-15(21)11-18-16(22)23-17(2,3)4/h12-14,20H,5-11H2,1-4H3,(H,18,22)/t13-,14?/m0/s1. The Kier molecular flexibility index (Phi) is 10.5. The number of carbonyl (C=O) groups is 3. The highest BCUT2D eigenvalue weighted by molar-refractivity contribution is 5.83. The van der Waals surface area contributed by atoms with Gasteiger partial charge in [-0.2, -0.15) is 0 Å². The van der Waals surface area contributed by atoms with Crippen LogP contribution >= 0.6 is 0 Å². The molecule has 0 aliphatic rings. The third-order valence-corrected chi connectivity index (χ3v) is 3.35. The fraction of sp³-hybridized carbons (Fsp3) is 0.824. The molecular weight excluding hydrogens is 298 g/mol. The van der Waals surface area contributed by atoms with Crippen LogP contribution in [0.5, 0.6) is 0 Å². The molecule has 2 atom stereocenters. The number of aldehydes is 1. The summed E-state index contributed by atoms with van der Waals surface area (Å²) in [7, 11) is 0. The average molecular weight is 329 g/mol. The Morgan fingerprint density at radius 2 is 1.91 bits per heavy atom. The van der Waals surface area contributed by atoms with Crippen molar-refractivity contribution in [3.63, 3.8) is 0 Å². The van der Waals surface area contributed by atoms with Crippen molar-refractivity contribution >= 4 is 18.2 Å². The Hall–Kier alpha value is -1.43. The number of hydrogen-bond acceptors (Lipinski definition) is 5. The third-order valence-electron chi connectivity index (χ3n) is 3.35. The number of rotatable bonds is 11. The normalized spacial score (nSPS) is 14.0. The van der Waals surface area contributed by atoms with E-state index in [0.717, 1.165) is 12.7 Å². The van der Waals surface area contributed by atoms with Gasteiger partial charge in [0.15, 0.2) is 5.78 Å². The number of alkyl carbamates (subject to hydrolysis) is 1. The van der Waals surface area contributed by atoms with E-state index >= 15 is 0 Å². The van der Waals surface area contributed by atoms with Gasteiger partial charge in [0.05, 0.1) is 12.6 Å². The van der Waals surface area contributed by atoms with Gasteiger partial charge >= 0.3 is 6.09 Å². The molecule has 0 spiro atoms. The van der Waals surface area contributed by atoms with Crippen molar-refractivity contribution in [1.29, 1.82) is 0 Å². The quantitative estimate of drug-likeness (QED) is 0.449. The number of ether oxygens (including phenoxy) is 1. The van der Waals surface area contributed by atoms with Gasteiger partial charge in [-0.05, 0) is 46.5 Å². The lowest BCUT2D eigenvalue weighted by Crippen LogP contribution is -2.35.